The average molecular weight is 287 g/mol. The Balaban J connectivity index is 1.67. The van der Waals surface area contributed by atoms with Gasteiger partial charge in [-0.2, -0.15) is 0 Å². The maximum absolute atomic E-state index is 5.59. The normalized spacial score (nSPS) is 19.1. The molecule has 0 aliphatic carbocycles. The molecule has 0 radical (unpaired) electrons. The molecular weight excluding hydrogens is 266 g/mol. The predicted octanol–water partition coefficient (Wildman–Crippen LogP) is 0.180. The van der Waals surface area contributed by atoms with E-state index in [2.05, 4.69) is 20.8 Å². The highest BCUT2D eigenvalue weighted by Gasteiger charge is 2.17. The van der Waals surface area contributed by atoms with E-state index in [4.69, 9.17) is 9.47 Å². The van der Waals surface area contributed by atoms with Gasteiger partial charge in [-0.05, 0) is 23.3 Å². The Labute approximate surface area is 117 Å². The lowest BCUT2D eigenvalue weighted by Gasteiger charge is -2.08. The molecule has 8 heteroatoms. The van der Waals surface area contributed by atoms with E-state index in [0.717, 1.165) is 50.2 Å². The Bertz CT molecular complexity index is 357. The second-order valence-corrected chi connectivity index (χ2v) is 5.36. The first-order chi connectivity index (χ1) is 9.40. The van der Waals surface area contributed by atoms with Crippen LogP contribution in [0.25, 0.3) is 0 Å². The zero-order chi connectivity index (χ0) is 13.3. The molecule has 0 aromatic carbocycles. The number of rotatable bonds is 9. The maximum Gasteiger partial charge on any atom is 0.209 e. The molecule has 19 heavy (non-hydrogen) atoms. The van der Waals surface area contributed by atoms with Crippen molar-refractivity contribution in [1.29, 1.82) is 0 Å². The van der Waals surface area contributed by atoms with Crippen LogP contribution in [0, 0.1) is 0 Å². The van der Waals surface area contributed by atoms with Crippen LogP contribution in [0.4, 0.5) is 0 Å². The van der Waals surface area contributed by atoms with Crippen LogP contribution in [0.3, 0.4) is 0 Å². The van der Waals surface area contributed by atoms with E-state index in [1.165, 1.54) is 6.42 Å². The number of hydrogen-bond acceptors (Lipinski definition) is 7. The van der Waals surface area contributed by atoms with Gasteiger partial charge in [0.1, 0.15) is 0 Å². The van der Waals surface area contributed by atoms with Gasteiger partial charge in [-0.3, -0.25) is 0 Å². The highest BCUT2D eigenvalue weighted by molar-refractivity contribution is 7.99. The fourth-order valence-corrected chi connectivity index (χ4v) is 2.84. The van der Waals surface area contributed by atoms with Crippen molar-refractivity contribution in [2.45, 2.75) is 30.6 Å². The van der Waals surface area contributed by atoms with Gasteiger partial charge in [0.25, 0.3) is 0 Å². The summed E-state index contributed by atoms with van der Waals surface area (Å²) < 4.78 is 12.4. The van der Waals surface area contributed by atoms with Crippen LogP contribution in [0.5, 0.6) is 0 Å². The number of hydrogen-bond donors (Lipinski definition) is 1. The first-order valence-electron chi connectivity index (χ1n) is 6.60. The van der Waals surface area contributed by atoms with E-state index in [-0.39, 0.29) is 0 Å². The molecule has 1 aromatic heterocycles. The first kappa shape index (κ1) is 14.7. The number of nitrogens with one attached hydrogen (secondary N) is 1. The number of tetrazole rings is 1. The monoisotopic (exact) mass is 287 g/mol. The van der Waals surface area contributed by atoms with Crippen molar-refractivity contribution < 1.29 is 9.47 Å². The second-order valence-electron chi connectivity index (χ2n) is 4.37. The molecule has 0 saturated carbocycles. The summed E-state index contributed by atoms with van der Waals surface area (Å²) in [6.45, 7) is 4.05. The van der Waals surface area contributed by atoms with Crippen molar-refractivity contribution in [2.24, 2.45) is 0 Å². The lowest BCUT2D eigenvalue weighted by atomic mass is 10.3. The van der Waals surface area contributed by atoms with Gasteiger partial charge in [-0.15, -0.1) is 5.10 Å². The number of methoxy groups -OCH3 is 1. The summed E-state index contributed by atoms with van der Waals surface area (Å²) in [7, 11) is 1.70. The molecule has 7 nitrogen and oxygen atoms in total. The van der Waals surface area contributed by atoms with Crippen LogP contribution < -0.4 is 5.32 Å². The van der Waals surface area contributed by atoms with Gasteiger partial charge in [-0.25, -0.2) is 4.68 Å². The third kappa shape index (κ3) is 5.06. The van der Waals surface area contributed by atoms with E-state index < -0.39 is 0 Å². The Hall–Kier alpha value is -0.700. The van der Waals surface area contributed by atoms with Gasteiger partial charge in [0.15, 0.2) is 0 Å². The fraction of sp³-hybridized carbons (Fsp3) is 0.909. The van der Waals surface area contributed by atoms with E-state index in [1.54, 1.807) is 18.9 Å². The van der Waals surface area contributed by atoms with E-state index in [9.17, 15) is 0 Å². The Morgan fingerprint density at radius 3 is 3.26 bits per heavy atom. The molecule has 0 amide bonds. The molecule has 1 aliphatic rings. The molecule has 1 N–H and O–H groups in total. The SMILES string of the molecule is COCCNCCn1nnnc1SCC1CCCO1. The summed E-state index contributed by atoms with van der Waals surface area (Å²) in [6.07, 6.45) is 2.67. The quantitative estimate of drug-likeness (QED) is 0.513. The molecule has 1 aliphatic heterocycles. The number of thioether (sulfide) groups is 1. The van der Waals surface area contributed by atoms with Crippen molar-refractivity contribution in [1.82, 2.24) is 25.5 Å². The van der Waals surface area contributed by atoms with Gasteiger partial charge in [0.05, 0.1) is 19.3 Å². The molecule has 1 aromatic rings. The zero-order valence-electron chi connectivity index (χ0n) is 11.2. The van der Waals surface area contributed by atoms with Crippen molar-refractivity contribution in [3.05, 3.63) is 0 Å². The number of ether oxygens (including phenoxy) is 2. The summed E-state index contributed by atoms with van der Waals surface area (Å²) in [4.78, 5) is 0. The molecule has 2 heterocycles. The summed E-state index contributed by atoms with van der Waals surface area (Å²) in [5, 5.41) is 15.9. The molecule has 1 fully saturated rings. The standard InChI is InChI=1S/C11H21N5O2S/c1-17-8-5-12-4-6-16-11(13-14-15-16)19-9-10-3-2-7-18-10/h10,12H,2-9H2,1H3. The third-order valence-electron chi connectivity index (χ3n) is 2.90. The highest BCUT2D eigenvalue weighted by Crippen LogP contribution is 2.21. The predicted molar refractivity (Wildman–Crippen MR) is 72.3 cm³/mol. The van der Waals surface area contributed by atoms with Crippen LogP contribution in [-0.4, -0.2) is 65.5 Å². The van der Waals surface area contributed by atoms with Crippen molar-refractivity contribution >= 4 is 11.8 Å². The number of aromatic nitrogens is 4. The minimum atomic E-state index is 0.356. The molecular formula is C11H21N5O2S. The molecule has 1 saturated heterocycles. The topological polar surface area (TPSA) is 74.1 Å². The molecule has 0 spiro atoms. The van der Waals surface area contributed by atoms with Gasteiger partial charge in [0.2, 0.25) is 5.16 Å². The van der Waals surface area contributed by atoms with Crippen molar-refractivity contribution in [3.63, 3.8) is 0 Å². The van der Waals surface area contributed by atoms with Crippen LogP contribution >= 0.6 is 11.8 Å². The Morgan fingerprint density at radius 2 is 2.47 bits per heavy atom. The first-order valence-corrected chi connectivity index (χ1v) is 7.59. The molecule has 1 atom stereocenters. The van der Waals surface area contributed by atoms with E-state index >= 15 is 0 Å². The summed E-state index contributed by atoms with van der Waals surface area (Å²) in [5.74, 6) is 0.928. The van der Waals surface area contributed by atoms with E-state index in [1.807, 2.05) is 4.68 Å². The molecule has 0 bridgehead atoms. The molecule has 1 unspecified atom stereocenters. The van der Waals surface area contributed by atoms with Gasteiger partial charge < -0.3 is 14.8 Å². The second kappa shape index (κ2) is 8.47. The maximum atomic E-state index is 5.59. The largest absolute Gasteiger partial charge is 0.383 e. The minimum absolute atomic E-state index is 0.356. The van der Waals surface area contributed by atoms with Crippen molar-refractivity contribution in [2.75, 3.05) is 39.2 Å². The van der Waals surface area contributed by atoms with Crippen LogP contribution in [0.2, 0.25) is 0 Å². The van der Waals surface area contributed by atoms with E-state index in [0.29, 0.717) is 6.10 Å². The van der Waals surface area contributed by atoms with Gasteiger partial charge in [0, 0.05) is 32.6 Å². The Morgan fingerprint density at radius 1 is 1.53 bits per heavy atom. The highest BCUT2D eigenvalue weighted by atomic mass is 32.2. The van der Waals surface area contributed by atoms with Crippen molar-refractivity contribution in [3.8, 4) is 0 Å². The Kier molecular flexibility index (Phi) is 6.55. The average Bonchev–Trinajstić information content (AvgIpc) is 3.07. The molecule has 108 valence electrons. The summed E-state index contributed by atoms with van der Waals surface area (Å²) in [6, 6.07) is 0. The smallest absolute Gasteiger partial charge is 0.209 e. The zero-order valence-corrected chi connectivity index (χ0v) is 12.1. The van der Waals surface area contributed by atoms with Gasteiger partial charge in [-0.1, -0.05) is 11.8 Å². The van der Waals surface area contributed by atoms with Gasteiger partial charge >= 0.3 is 0 Å². The van der Waals surface area contributed by atoms with Crippen LogP contribution in [0.15, 0.2) is 5.16 Å². The lowest BCUT2D eigenvalue weighted by molar-refractivity contribution is 0.129. The minimum Gasteiger partial charge on any atom is -0.383 e. The van der Waals surface area contributed by atoms with Crippen LogP contribution in [0.1, 0.15) is 12.8 Å². The summed E-state index contributed by atoms with van der Waals surface area (Å²) >= 11 is 1.67. The van der Waals surface area contributed by atoms with Crippen LogP contribution in [-0.2, 0) is 16.0 Å². The lowest BCUT2D eigenvalue weighted by Crippen LogP contribution is -2.24. The summed E-state index contributed by atoms with van der Waals surface area (Å²) in [5.41, 5.74) is 0. The molecule has 2 rings (SSSR count). The third-order valence-corrected chi connectivity index (χ3v) is 3.99. The number of nitrogens with zero attached hydrogens (tertiary/aromatic N) is 4. The fourth-order valence-electron chi connectivity index (χ4n) is 1.87.